The van der Waals surface area contributed by atoms with E-state index in [1.807, 2.05) is 44.2 Å². The second-order valence-electron chi connectivity index (χ2n) is 5.33. The molecule has 0 bridgehead atoms. The second-order valence-corrected chi connectivity index (χ2v) is 5.74. The fourth-order valence-corrected chi connectivity index (χ4v) is 2.34. The van der Waals surface area contributed by atoms with Crippen LogP contribution in [-0.4, -0.2) is 31.6 Å². The van der Waals surface area contributed by atoms with E-state index in [1.165, 1.54) is 0 Å². The molecule has 0 aromatic heterocycles. The van der Waals surface area contributed by atoms with Crippen molar-refractivity contribution in [1.82, 2.24) is 0 Å². The number of rotatable bonds is 7. The third kappa shape index (κ3) is 5.50. The first kappa shape index (κ1) is 18.8. The number of aryl methyl sites for hydroxylation is 1. The van der Waals surface area contributed by atoms with Crippen LogP contribution in [0.25, 0.3) is 0 Å². The smallest absolute Gasteiger partial charge is 0.344 e. The number of anilines is 1. The Bertz CT molecular complexity index is 733. The average molecular weight is 362 g/mol. The third-order valence-electron chi connectivity index (χ3n) is 3.53. The van der Waals surface area contributed by atoms with E-state index in [9.17, 15) is 9.59 Å². The van der Waals surface area contributed by atoms with Crippen LogP contribution in [0.3, 0.4) is 0 Å². The number of hydrogen-bond acceptors (Lipinski definition) is 4. The topological polar surface area (TPSA) is 55.8 Å². The number of benzene rings is 2. The quantitative estimate of drug-likeness (QED) is 0.707. The lowest BCUT2D eigenvalue weighted by atomic mass is 10.2. The Labute approximate surface area is 152 Å². The summed E-state index contributed by atoms with van der Waals surface area (Å²) in [5.74, 6) is -0.376. The molecule has 0 saturated carbocycles. The van der Waals surface area contributed by atoms with Crippen LogP contribution < -0.4 is 9.64 Å². The summed E-state index contributed by atoms with van der Waals surface area (Å²) in [6, 6.07) is 14.3. The van der Waals surface area contributed by atoms with Crippen molar-refractivity contribution in [1.29, 1.82) is 0 Å². The van der Waals surface area contributed by atoms with E-state index >= 15 is 0 Å². The van der Waals surface area contributed by atoms with Crippen molar-refractivity contribution in [2.75, 3.05) is 24.7 Å². The van der Waals surface area contributed by atoms with Gasteiger partial charge in [-0.2, -0.15) is 0 Å². The molecule has 0 radical (unpaired) electrons. The van der Waals surface area contributed by atoms with Crippen LogP contribution in [0, 0.1) is 6.92 Å². The van der Waals surface area contributed by atoms with Crippen LogP contribution in [0.4, 0.5) is 5.69 Å². The van der Waals surface area contributed by atoms with Crippen LogP contribution in [0.2, 0.25) is 5.02 Å². The van der Waals surface area contributed by atoms with E-state index in [-0.39, 0.29) is 19.1 Å². The molecule has 0 N–H and O–H groups in total. The second kappa shape index (κ2) is 9.08. The van der Waals surface area contributed by atoms with Crippen molar-refractivity contribution >= 4 is 29.2 Å². The molecule has 6 heteroatoms. The Hall–Kier alpha value is -2.53. The largest absolute Gasteiger partial charge is 0.482 e. The SMILES string of the molecule is CCN(C(=O)COC(=O)COc1ccc(Cl)c(C)c1)c1ccccc1. The Kier molecular flexibility index (Phi) is 6.83. The number of amides is 1. The fourth-order valence-electron chi connectivity index (χ4n) is 2.22. The highest BCUT2D eigenvalue weighted by Gasteiger charge is 2.16. The Morgan fingerprint density at radius 2 is 1.80 bits per heavy atom. The number of esters is 1. The molecular formula is C19H20ClNO4. The van der Waals surface area contributed by atoms with Gasteiger partial charge in [0, 0.05) is 17.3 Å². The van der Waals surface area contributed by atoms with Gasteiger partial charge >= 0.3 is 5.97 Å². The lowest BCUT2D eigenvalue weighted by molar-refractivity contribution is -0.149. The first-order chi connectivity index (χ1) is 12.0. The molecule has 25 heavy (non-hydrogen) atoms. The van der Waals surface area contributed by atoms with E-state index in [1.54, 1.807) is 23.1 Å². The van der Waals surface area contributed by atoms with Gasteiger partial charge in [-0.05, 0) is 49.7 Å². The molecule has 0 aliphatic carbocycles. The van der Waals surface area contributed by atoms with Gasteiger partial charge in [-0.1, -0.05) is 29.8 Å². The summed E-state index contributed by atoms with van der Waals surface area (Å²) in [5, 5.41) is 0.626. The monoisotopic (exact) mass is 361 g/mol. The van der Waals surface area contributed by atoms with Crippen molar-refractivity contribution in [3.8, 4) is 5.75 Å². The van der Waals surface area contributed by atoms with Crippen molar-refractivity contribution in [3.63, 3.8) is 0 Å². The molecule has 1 amide bonds. The van der Waals surface area contributed by atoms with E-state index in [4.69, 9.17) is 21.1 Å². The summed E-state index contributed by atoms with van der Waals surface area (Å²) in [5.41, 5.74) is 1.61. The Balaban J connectivity index is 1.82. The van der Waals surface area contributed by atoms with Gasteiger partial charge in [0.15, 0.2) is 13.2 Å². The lowest BCUT2D eigenvalue weighted by Gasteiger charge is -2.20. The molecule has 5 nitrogen and oxygen atoms in total. The standard InChI is InChI=1S/C19H20ClNO4/c1-3-21(15-7-5-4-6-8-15)18(22)12-25-19(23)13-24-16-9-10-17(20)14(2)11-16/h4-11H,3,12-13H2,1-2H3. The molecular weight excluding hydrogens is 342 g/mol. The summed E-state index contributed by atoms with van der Waals surface area (Å²) in [6.07, 6.45) is 0. The number of carbonyl (C=O) groups excluding carboxylic acids is 2. The van der Waals surface area contributed by atoms with Gasteiger partial charge in [-0.3, -0.25) is 4.79 Å². The van der Waals surface area contributed by atoms with Crippen molar-refractivity contribution < 1.29 is 19.1 Å². The molecule has 2 aromatic rings. The number of ether oxygens (including phenoxy) is 2. The molecule has 0 heterocycles. The molecule has 2 rings (SSSR count). The first-order valence-corrected chi connectivity index (χ1v) is 8.29. The van der Waals surface area contributed by atoms with Crippen molar-refractivity contribution in [3.05, 3.63) is 59.1 Å². The molecule has 0 spiro atoms. The van der Waals surface area contributed by atoms with Crippen molar-refractivity contribution in [2.24, 2.45) is 0 Å². The Morgan fingerprint density at radius 1 is 1.08 bits per heavy atom. The molecule has 132 valence electrons. The van der Waals surface area contributed by atoms with E-state index in [0.717, 1.165) is 11.3 Å². The maximum Gasteiger partial charge on any atom is 0.344 e. The summed E-state index contributed by atoms with van der Waals surface area (Å²) in [4.78, 5) is 25.6. The maximum atomic E-state index is 12.2. The van der Waals surface area contributed by atoms with Gasteiger partial charge in [0.25, 0.3) is 5.91 Å². The highest BCUT2D eigenvalue weighted by Crippen LogP contribution is 2.21. The normalized spacial score (nSPS) is 10.2. The number of carbonyl (C=O) groups is 2. The Morgan fingerprint density at radius 3 is 2.44 bits per heavy atom. The predicted molar refractivity (Wildman–Crippen MR) is 97.1 cm³/mol. The summed E-state index contributed by atoms with van der Waals surface area (Å²) in [7, 11) is 0. The molecule has 2 aromatic carbocycles. The average Bonchev–Trinajstić information content (AvgIpc) is 2.62. The lowest BCUT2D eigenvalue weighted by Crippen LogP contribution is -2.35. The third-order valence-corrected chi connectivity index (χ3v) is 3.95. The number of likely N-dealkylation sites (N-methyl/N-ethyl adjacent to an activating group) is 1. The summed E-state index contributed by atoms with van der Waals surface area (Å²) in [6.45, 7) is 3.59. The van der Waals surface area contributed by atoms with Gasteiger partial charge in [0.05, 0.1) is 0 Å². The summed E-state index contributed by atoms with van der Waals surface area (Å²) < 4.78 is 10.4. The minimum Gasteiger partial charge on any atom is -0.482 e. The number of halogens is 1. The van der Waals surface area contributed by atoms with Crippen LogP contribution >= 0.6 is 11.6 Å². The number of hydrogen-bond donors (Lipinski definition) is 0. The minimum absolute atomic E-state index is 0.272. The van der Waals surface area contributed by atoms with Crippen LogP contribution in [-0.2, 0) is 14.3 Å². The fraction of sp³-hybridized carbons (Fsp3) is 0.263. The van der Waals surface area contributed by atoms with Gasteiger partial charge in [-0.25, -0.2) is 4.79 Å². The number of nitrogens with zero attached hydrogens (tertiary/aromatic N) is 1. The maximum absolute atomic E-state index is 12.2. The van der Waals surface area contributed by atoms with E-state index in [0.29, 0.717) is 17.3 Å². The molecule has 0 saturated heterocycles. The summed E-state index contributed by atoms with van der Waals surface area (Å²) >= 11 is 5.93. The molecule has 0 aliphatic rings. The van der Waals surface area contributed by atoms with Crippen LogP contribution in [0.1, 0.15) is 12.5 Å². The number of para-hydroxylation sites is 1. The van der Waals surface area contributed by atoms with E-state index < -0.39 is 5.97 Å². The highest BCUT2D eigenvalue weighted by atomic mass is 35.5. The van der Waals surface area contributed by atoms with Gasteiger partial charge in [0.2, 0.25) is 0 Å². The van der Waals surface area contributed by atoms with Crippen molar-refractivity contribution in [2.45, 2.75) is 13.8 Å². The predicted octanol–water partition coefficient (Wildman–Crippen LogP) is 3.62. The minimum atomic E-state index is -0.606. The molecule has 0 atom stereocenters. The zero-order chi connectivity index (χ0) is 18.2. The van der Waals surface area contributed by atoms with Crippen LogP contribution in [0.5, 0.6) is 5.75 Å². The zero-order valence-electron chi connectivity index (χ0n) is 14.2. The molecule has 0 aliphatic heterocycles. The van der Waals surface area contributed by atoms with E-state index in [2.05, 4.69) is 0 Å². The first-order valence-electron chi connectivity index (χ1n) is 7.91. The molecule has 0 unspecified atom stereocenters. The highest BCUT2D eigenvalue weighted by molar-refractivity contribution is 6.31. The molecule has 0 fully saturated rings. The van der Waals surface area contributed by atoms with Gasteiger partial charge in [0.1, 0.15) is 5.75 Å². The van der Waals surface area contributed by atoms with Gasteiger partial charge in [-0.15, -0.1) is 0 Å². The van der Waals surface area contributed by atoms with Gasteiger partial charge < -0.3 is 14.4 Å². The zero-order valence-corrected chi connectivity index (χ0v) is 15.0. The van der Waals surface area contributed by atoms with Crippen LogP contribution in [0.15, 0.2) is 48.5 Å².